The van der Waals surface area contributed by atoms with Gasteiger partial charge in [0.15, 0.2) is 6.04 Å². The quantitative estimate of drug-likeness (QED) is 0.656. The van der Waals surface area contributed by atoms with E-state index < -0.39 is 24.1 Å². The monoisotopic (exact) mass is 463 g/mol. The number of aliphatic carboxylic acids is 1. The van der Waals surface area contributed by atoms with Crippen molar-refractivity contribution in [1.29, 1.82) is 0 Å². The molecular weight excluding hydrogens is 430 g/mol. The van der Waals surface area contributed by atoms with E-state index in [0.717, 1.165) is 5.69 Å². The lowest BCUT2D eigenvalue weighted by atomic mass is 9.84. The number of pyridine rings is 1. The number of benzene rings is 1. The van der Waals surface area contributed by atoms with Crippen molar-refractivity contribution >= 4 is 17.8 Å². The number of carboxylic acids is 1. The molecule has 3 atom stereocenters. The summed E-state index contributed by atoms with van der Waals surface area (Å²) < 4.78 is 0. The van der Waals surface area contributed by atoms with E-state index in [1.165, 1.54) is 16.0 Å². The van der Waals surface area contributed by atoms with Gasteiger partial charge < -0.3 is 15.3 Å². The second-order valence-electron chi connectivity index (χ2n) is 9.56. The molecule has 1 fully saturated rings. The van der Waals surface area contributed by atoms with Crippen LogP contribution in [0, 0.1) is 25.7 Å². The number of hydrogen-bond donors (Lipinski definition) is 2. The van der Waals surface area contributed by atoms with Gasteiger partial charge in [-0.1, -0.05) is 57.0 Å². The van der Waals surface area contributed by atoms with Crippen LogP contribution in [0.2, 0.25) is 0 Å². The number of rotatable bonds is 7. The van der Waals surface area contributed by atoms with E-state index in [-0.39, 0.29) is 23.7 Å². The van der Waals surface area contributed by atoms with Gasteiger partial charge in [0, 0.05) is 17.0 Å². The van der Waals surface area contributed by atoms with E-state index >= 15 is 0 Å². The molecule has 7 heteroatoms. The Hall–Kier alpha value is -3.22. The minimum atomic E-state index is -1.27. The van der Waals surface area contributed by atoms with Gasteiger partial charge in [-0.25, -0.2) is 4.79 Å². The van der Waals surface area contributed by atoms with Crippen molar-refractivity contribution in [1.82, 2.24) is 15.2 Å². The van der Waals surface area contributed by atoms with Crippen LogP contribution in [0.3, 0.4) is 0 Å². The molecule has 2 aromatic rings. The summed E-state index contributed by atoms with van der Waals surface area (Å²) in [7, 11) is 0. The Morgan fingerprint density at radius 2 is 1.71 bits per heavy atom. The predicted molar refractivity (Wildman–Crippen MR) is 128 cm³/mol. The first-order chi connectivity index (χ1) is 16.3. The Bertz CT molecular complexity index is 1090. The van der Waals surface area contributed by atoms with Crippen LogP contribution in [-0.4, -0.2) is 44.9 Å². The van der Waals surface area contributed by atoms with E-state index in [4.69, 9.17) is 0 Å². The molecule has 2 aliphatic rings. The maximum absolute atomic E-state index is 14.1. The average Bonchev–Trinajstić information content (AvgIpc) is 3.23. The number of carbonyl (C=O) groups excluding carboxylic acids is 2. The molecule has 2 unspecified atom stereocenters. The maximum Gasteiger partial charge on any atom is 0.331 e. The molecule has 1 aromatic heterocycles. The van der Waals surface area contributed by atoms with Gasteiger partial charge in [0.1, 0.15) is 12.1 Å². The van der Waals surface area contributed by atoms with Gasteiger partial charge in [-0.05, 0) is 55.7 Å². The average molecular weight is 464 g/mol. The molecule has 2 N–H and O–H groups in total. The molecule has 34 heavy (non-hydrogen) atoms. The zero-order chi connectivity index (χ0) is 24.6. The van der Waals surface area contributed by atoms with Gasteiger partial charge in [-0.3, -0.25) is 14.6 Å². The number of fused-ring (bicyclic) bond motifs is 1. The number of hydrogen-bond acceptors (Lipinski definition) is 4. The van der Waals surface area contributed by atoms with Crippen LogP contribution in [0.1, 0.15) is 60.8 Å². The van der Waals surface area contributed by atoms with E-state index in [1.54, 1.807) is 19.1 Å². The Morgan fingerprint density at radius 1 is 1.09 bits per heavy atom. The second kappa shape index (κ2) is 9.57. The lowest BCUT2D eigenvalue weighted by molar-refractivity contribution is -0.164. The third kappa shape index (κ3) is 4.19. The summed E-state index contributed by atoms with van der Waals surface area (Å²) >= 11 is 0. The normalized spacial score (nSPS) is 21.5. The van der Waals surface area contributed by atoms with Crippen LogP contribution in [0.5, 0.6) is 0 Å². The first-order valence-corrected chi connectivity index (χ1v) is 12.1. The van der Waals surface area contributed by atoms with Gasteiger partial charge in [-0.15, -0.1) is 0 Å². The first-order valence-electron chi connectivity index (χ1n) is 12.1. The first kappa shape index (κ1) is 23.9. The summed E-state index contributed by atoms with van der Waals surface area (Å²) in [6.45, 7) is 7.54. The SMILES string of the molecule is CCC(CC)[C@@H]1C(=O)NC(C2Cc3ccccc3C2)C(=O)N1C(C(=O)O)c1ccc(C)nc1C. The summed E-state index contributed by atoms with van der Waals surface area (Å²) in [6.07, 6.45) is 2.68. The fourth-order valence-corrected chi connectivity index (χ4v) is 5.72. The number of piperazine rings is 1. The summed E-state index contributed by atoms with van der Waals surface area (Å²) in [5.41, 5.74) is 4.13. The maximum atomic E-state index is 14.1. The third-order valence-electron chi connectivity index (χ3n) is 7.51. The molecule has 0 spiro atoms. The highest BCUT2D eigenvalue weighted by atomic mass is 16.4. The van der Waals surface area contributed by atoms with Crippen molar-refractivity contribution in [3.8, 4) is 0 Å². The molecule has 2 heterocycles. The number of carboxylic acid groups (broad SMARTS) is 1. The van der Waals surface area contributed by atoms with Gasteiger partial charge in [0.25, 0.3) is 0 Å². The zero-order valence-corrected chi connectivity index (χ0v) is 20.2. The Morgan fingerprint density at radius 3 is 2.24 bits per heavy atom. The highest BCUT2D eigenvalue weighted by Crippen LogP contribution is 2.37. The summed E-state index contributed by atoms with van der Waals surface area (Å²) in [6, 6.07) is 8.66. The summed E-state index contributed by atoms with van der Waals surface area (Å²) in [5, 5.41) is 13.4. The number of carbonyl (C=O) groups is 3. The van der Waals surface area contributed by atoms with Crippen molar-refractivity contribution in [2.45, 2.75) is 71.5 Å². The van der Waals surface area contributed by atoms with E-state index in [2.05, 4.69) is 22.4 Å². The highest BCUT2D eigenvalue weighted by Gasteiger charge is 2.51. The molecule has 1 aromatic carbocycles. The van der Waals surface area contributed by atoms with Crippen molar-refractivity contribution < 1.29 is 19.5 Å². The van der Waals surface area contributed by atoms with Crippen molar-refractivity contribution in [2.75, 3.05) is 0 Å². The zero-order valence-electron chi connectivity index (χ0n) is 20.2. The molecule has 0 bridgehead atoms. The molecule has 1 aliphatic carbocycles. The van der Waals surface area contributed by atoms with Crippen LogP contribution in [-0.2, 0) is 27.2 Å². The van der Waals surface area contributed by atoms with Crippen molar-refractivity contribution in [3.05, 3.63) is 64.5 Å². The molecule has 7 nitrogen and oxygen atoms in total. The Labute approximate surface area is 200 Å². The smallest absolute Gasteiger partial charge is 0.331 e. The topological polar surface area (TPSA) is 99.6 Å². The summed E-state index contributed by atoms with van der Waals surface area (Å²) in [4.78, 5) is 46.1. The highest BCUT2D eigenvalue weighted by molar-refractivity contribution is 5.99. The number of aromatic nitrogens is 1. The van der Waals surface area contributed by atoms with Crippen LogP contribution in [0.15, 0.2) is 36.4 Å². The molecule has 180 valence electrons. The Kier molecular flexibility index (Phi) is 6.73. The Balaban J connectivity index is 1.78. The van der Waals surface area contributed by atoms with Gasteiger partial charge in [0.05, 0.1) is 0 Å². The standard InChI is InChI=1S/C27H33N3O4/c1-5-17(6-2)23-25(31)29-22(20-13-18-9-7-8-10-19(18)14-20)26(32)30(23)24(27(33)34)21-12-11-15(3)28-16(21)4/h7-12,17,20,22-24H,5-6,13-14H2,1-4H3,(H,29,31)(H,33,34)/t22?,23-,24?/m1/s1. The molecular formula is C27H33N3O4. The number of amides is 2. The minimum Gasteiger partial charge on any atom is -0.479 e. The molecule has 4 rings (SSSR count). The van der Waals surface area contributed by atoms with Crippen molar-refractivity contribution in [3.63, 3.8) is 0 Å². The van der Waals surface area contributed by atoms with Gasteiger partial charge in [0.2, 0.25) is 11.8 Å². The van der Waals surface area contributed by atoms with E-state index in [1.807, 2.05) is 32.9 Å². The molecule has 2 amide bonds. The number of nitrogens with zero attached hydrogens (tertiary/aromatic N) is 2. The van der Waals surface area contributed by atoms with Crippen LogP contribution >= 0.6 is 0 Å². The lowest BCUT2D eigenvalue weighted by Gasteiger charge is -2.46. The van der Waals surface area contributed by atoms with E-state index in [0.29, 0.717) is 36.9 Å². The molecule has 1 aliphatic heterocycles. The number of aryl methyl sites for hydroxylation is 2. The van der Waals surface area contributed by atoms with Gasteiger partial charge >= 0.3 is 5.97 Å². The summed E-state index contributed by atoms with van der Waals surface area (Å²) in [5.74, 6) is -1.99. The van der Waals surface area contributed by atoms with Crippen LogP contribution in [0.4, 0.5) is 0 Å². The fourth-order valence-electron chi connectivity index (χ4n) is 5.72. The molecule has 1 saturated heterocycles. The largest absolute Gasteiger partial charge is 0.479 e. The van der Waals surface area contributed by atoms with Crippen LogP contribution < -0.4 is 5.32 Å². The predicted octanol–water partition coefficient (Wildman–Crippen LogP) is 3.37. The fraction of sp³-hybridized carbons (Fsp3) is 0.481. The minimum absolute atomic E-state index is 0.106. The second-order valence-corrected chi connectivity index (χ2v) is 9.56. The third-order valence-corrected chi connectivity index (χ3v) is 7.51. The van der Waals surface area contributed by atoms with Gasteiger partial charge in [-0.2, -0.15) is 0 Å². The molecule has 0 radical (unpaired) electrons. The molecule has 0 saturated carbocycles. The van der Waals surface area contributed by atoms with Crippen LogP contribution in [0.25, 0.3) is 0 Å². The van der Waals surface area contributed by atoms with E-state index in [9.17, 15) is 19.5 Å². The van der Waals surface area contributed by atoms with Crippen molar-refractivity contribution in [2.24, 2.45) is 11.8 Å². The number of nitrogens with one attached hydrogen (secondary N) is 1. The lowest BCUT2D eigenvalue weighted by Crippen LogP contribution is -2.68.